The molecule has 2 aliphatic carbocycles. The molecule has 4 nitrogen and oxygen atoms in total. The van der Waals surface area contributed by atoms with Crippen LogP contribution in [-0.2, 0) is 6.54 Å². The molecule has 1 aromatic heterocycles. The van der Waals surface area contributed by atoms with Gasteiger partial charge in [-0.05, 0) is 30.6 Å². The maximum absolute atomic E-state index is 4.55. The lowest BCUT2D eigenvalue weighted by Gasteiger charge is -2.27. The average molecular weight is 246 g/mol. The minimum absolute atomic E-state index is 0.388. The predicted molar refractivity (Wildman–Crippen MR) is 69.2 cm³/mol. The summed E-state index contributed by atoms with van der Waals surface area (Å²) in [4.78, 5) is 0. The number of fused-ring (bicyclic) bond motifs is 2. The molecule has 4 rings (SSSR count). The fourth-order valence-corrected chi connectivity index (χ4v) is 4.20. The summed E-state index contributed by atoms with van der Waals surface area (Å²) in [5.74, 6) is 5.67. The number of nitrogens with one attached hydrogen (secondary N) is 1. The highest BCUT2D eigenvalue weighted by atomic mass is 15.3. The Hall–Kier alpha value is -0.900. The first-order chi connectivity index (χ1) is 8.77. The minimum atomic E-state index is 0.388. The third-order valence-corrected chi connectivity index (χ3v) is 5.16. The number of nitrogens with zero attached hydrogens (tertiary/aromatic N) is 3. The normalized spacial score (nSPS) is 37.7. The zero-order chi connectivity index (χ0) is 12.3. The molecule has 3 atom stereocenters. The summed E-state index contributed by atoms with van der Waals surface area (Å²) < 4.78 is 2.42. The Morgan fingerprint density at radius 1 is 1.17 bits per heavy atom. The van der Waals surface area contributed by atoms with E-state index < -0.39 is 0 Å². The van der Waals surface area contributed by atoms with E-state index in [0.717, 1.165) is 30.8 Å². The van der Waals surface area contributed by atoms with Crippen molar-refractivity contribution in [3.05, 3.63) is 11.6 Å². The molecule has 98 valence electrons. The highest BCUT2D eigenvalue weighted by Gasteiger charge is 2.55. The van der Waals surface area contributed by atoms with E-state index in [4.69, 9.17) is 0 Å². The zero-order valence-electron chi connectivity index (χ0n) is 11.3. The number of aromatic nitrogens is 3. The lowest BCUT2D eigenvalue weighted by atomic mass is 10.0. The van der Waals surface area contributed by atoms with E-state index in [2.05, 4.69) is 33.9 Å². The standard InChI is InChI=1S/C14H22N4/c1-8(2)12-14-17-16-13(18(14)7-6-15-12)11-9-4-3-5-10(9)11/h8-12,15H,3-7H2,1-2H3. The first-order valence-electron chi connectivity index (χ1n) is 7.43. The molecule has 1 N–H and O–H groups in total. The van der Waals surface area contributed by atoms with Gasteiger partial charge in [0.25, 0.3) is 0 Å². The van der Waals surface area contributed by atoms with Crippen LogP contribution < -0.4 is 5.32 Å². The van der Waals surface area contributed by atoms with Crippen molar-refractivity contribution < 1.29 is 0 Å². The molecule has 2 saturated carbocycles. The molecule has 18 heavy (non-hydrogen) atoms. The second-order valence-corrected chi connectivity index (χ2v) is 6.53. The number of rotatable bonds is 2. The molecule has 1 aromatic rings. The van der Waals surface area contributed by atoms with Crippen LogP contribution in [0.2, 0.25) is 0 Å². The molecule has 2 fully saturated rings. The van der Waals surface area contributed by atoms with Gasteiger partial charge in [0.1, 0.15) is 5.82 Å². The Balaban J connectivity index is 1.67. The van der Waals surface area contributed by atoms with E-state index >= 15 is 0 Å². The zero-order valence-corrected chi connectivity index (χ0v) is 11.3. The molecule has 2 heterocycles. The monoisotopic (exact) mass is 246 g/mol. The molecule has 0 radical (unpaired) electrons. The van der Waals surface area contributed by atoms with Crippen LogP contribution in [0.1, 0.15) is 56.7 Å². The molecule has 3 aliphatic rings. The van der Waals surface area contributed by atoms with E-state index in [0.29, 0.717) is 12.0 Å². The Kier molecular flexibility index (Phi) is 2.31. The van der Waals surface area contributed by atoms with Crippen LogP contribution in [0.3, 0.4) is 0 Å². The van der Waals surface area contributed by atoms with Crippen molar-refractivity contribution >= 4 is 0 Å². The van der Waals surface area contributed by atoms with Gasteiger partial charge in [-0.2, -0.15) is 0 Å². The molecule has 0 aromatic carbocycles. The molecular weight excluding hydrogens is 224 g/mol. The van der Waals surface area contributed by atoms with Gasteiger partial charge in [-0.25, -0.2) is 0 Å². The highest BCUT2D eigenvalue weighted by Crippen LogP contribution is 2.62. The SMILES string of the molecule is CC(C)C1NCCn2c1nnc2C1C2CCCC21. The van der Waals surface area contributed by atoms with Crippen LogP contribution in [0.15, 0.2) is 0 Å². The predicted octanol–water partition coefficient (Wildman–Crippen LogP) is 2.09. The van der Waals surface area contributed by atoms with Gasteiger partial charge in [-0.1, -0.05) is 20.3 Å². The minimum Gasteiger partial charge on any atom is -0.312 e. The third-order valence-electron chi connectivity index (χ3n) is 5.16. The molecule has 0 amide bonds. The highest BCUT2D eigenvalue weighted by molar-refractivity contribution is 5.21. The van der Waals surface area contributed by atoms with Crippen molar-refractivity contribution in [3.8, 4) is 0 Å². The number of hydrogen-bond acceptors (Lipinski definition) is 3. The van der Waals surface area contributed by atoms with E-state index in [1.54, 1.807) is 0 Å². The van der Waals surface area contributed by atoms with Gasteiger partial charge < -0.3 is 9.88 Å². The van der Waals surface area contributed by atoms with Crippen molar-refractivity contribution in [2.75, 3.05) is 6.54 Å². The Morgan fingerprint density at radius 3 is 2.61 bits per heavy atom. The third kappa shape index (κ3) is 1.41. The second kappa shape index (κ2) is 3.80. The van der Waals surface area contributed by atoms with Crippen LogP contribution in [0, 0.1) is 17.8 Å². The van der Waals surface area contributed by atoms with Gasteiger partial charge in [0.05, 0.1) is 6.04 Å². The lowest BCUT2D eigenvalue weighted by molar-refractivity contribution is 0.334. The van der Waals surface area contributed by atoms with Gasteiger partial charge in [0.2, 0.25) is 0 Å². The van der Waals surface area contributed by atoms with Crippen molar-refractivity contribution in [1.29, 1.82) is 0 Å². The van der Waals surface area contributed by atoms with Crippen molar-refractivity contribution in [3.63, 3.8) is 0 Å². The van der Waals surface area contributed by atoms with E-state index in [-0.39, 0.29) is 0 Å². The molecule has 0 bridgehead atoms. The smallest absolute Gasteiger partial charge is 0.150 e. The van der Waals surface area contributed by atoms with Gasteiger partial charge in [-0.15, -0.1) is 10.2 Å². The molecular formula is C14H22N4. The first-order valence-corrected chi connectivity index (χ1v) is 7.43. The van der Waals surface area contributed by atoms with E-state index in [1.807, 2.05) is 0 Å². The van der Waals surface area contributed by atoms with Crippen molar-refractivity contribution in [1.82, 2.24) is 20.1 Å². The van der Waals surface area contributed by atoms with Crippen molar-refractivity contribution in [2.24, 2.45) is 17.8 Å². The molecule has 3 unspecified atom stereocenters. The van der Waals surface area contributed by atoms with Crippen LogP contribution >= 0.6 is 0 Å². The average Bonchev–Trinajstić information content (AvgIpc) is 2.80. The topological polar surface area (TPSA) is 42.7 Å². The second-order valence-electron chi connectivity index (χ2n) is 6.53. The fourth-order valence-electron chi connectivity index (χ4n) is 4.20. The van der Waals surface area contributed by atoms with Gasteiger partial charge >= 0.3 is 0 Å². The van der Waals surface area contributed by atoms with Crippen LogP contribution in [-0.4, -0.2) is 21.3 Å². The van der Waals surface area contributed by atoms with Gasteiger partial charge in [0.15, 0.2) is 5.82 Å². The Morgan fingerprint density at radius 2 is 1.89 bits per heavy atom. The molecule has 0 saturated heterocycles. The Bertz CT molecular complexity index is 454. The number of hydrogen-bond donors (Lipinski definition) is 1. The van der Waals surface area contributed by atoms with Crippen molar-refractivity contribution in [2.45, 2.75) is 51.6 Å². The Labute approximate surface area is 108 Å². The summed E-state index contributed by atoms with van der Waals surface area (Å²) in [7, 11) is 0. The maximum atomic E-state index is 4.55. The van der Waals surface area contributed by atoms with E-state index in [9.17, 15) is 0 Å². The molecule has 4 heteroatoms. The quantitative estimate of drug-likeness (QED) is 0.869. The van der Waals surface area contributed by atoms with Crippen LogP contribution in [0.5, 0.6) is 0 Å². The first kappa shape index (κ1) is 11.0. The summed E-state index contributed by atoms with van der Waals surface area (Å²) >= 11 is 0. The lowest BCUT2D eigenvalue weighted by Crippen LogP contribution is -2.37. The van der Waals surface area contributed by atoms with Gasteiger partial charge in [0, 0.05) is 19.0 Å². The fraction of sp³-hybridized carbons (Fsp3) is 0.857. The molecule has 0 spiro atoms. The van der Waals surface area contributed by atoms with Crippen LogP contribution in [0.25, 0.3) is 0 Å². The summed E-state index contributed by atoms with van der Waals surface area (Å²) in [6.45, 7) is 6.63. The summed E-state index contributed by atoms with van der Waals surface area (Å²) in [5, 5.41) is 12.6. The molecule has 1 aliphatic heterocycles. The summed E-state index contributed by atoms with van der Waals surface area (Å²) in [5.41, 5.74) is 0. The van der Waals surface area contributed by atoms with E-state index in [1.165, 1.54) is 30.9 Å². The van der Waals surface area contributed by atoms with Gasteiger partial charge in [-0.3, -0.25) is 0 Å². The summed E-state index contributed by atoms with van der Waals surface area (Å²) in [6, 6.07) is 0.388. The maximum Gasteiger partial charge on any atom is 0.150 e. The summed E-state index contributed by atoms with van der Waals surface area (Å²) in [6.07, 6.45) is 4.27. The largest absolute Gasteiger partial charge is 0.312 e. The van der Waals surface area contributed by atoms with Crippen LogP contribution in [0.4, 0.5) is 0 Å².